The quantitative estimate of drug-likeness (QED) is 0.763. The average Bonchev–Trinajstić information content (AvgIpc) is 2.83. The molecule has 2 aromatic carbocycles. The molecule has 5 nitrogen and oxygen atoms in total. The van der Waals surface area contributed by atoms with E-state index in [-0.39, 0.29) is 23.4 Å². The standard InChI is InChI=1S/C23H30N2O3/c1-4-5-14-24-22(28)21(15-17-6-10-19(26)11-7-17)25(23(24,2)3)16-18-8-12-20(27)13-9-18/h6-13,21,26-27H,4-5,14-16H2,1-3H3. The van der Waals surface area contributed by atoms with Crippen molar-refractivity contribution < 1.29 is 15.0 Å². The molecule has 1 heterocycles. The number of aromatic hydroxyl groups is 2. The van der Waals surface area contributed by atoms with Crippen molar-refractivity contribution in [3.63, 3.8) is 0 Å². The van der Waals surface area contributed by atoms with Crippen molar-refractivity contribution in [1.82, 2.24) is 9.80 Å². The van der Waals surface area contributed by atoms with E-state index >= 15 is 0 Å². The summed E-state index contributed by atoms with van der Waals surface area (Å²) in [5, 5.41) is 19.1. The molecule has 0 spiro atoms. The van der Waals surface area contributed by atoms with Crippen molar-refractivity contribution in [3.05, 3.63) is 59.7 Å². The number of unbranched alkanes of at least 4 members (excludes halogenated alkanes) is 1. The zero-order valence-corrected chi connectivity index (χ0v) is 16.9. The van der Waals surface area contributed by atoms with E-state index in [0.29, 0.717) is 13.0 Å². The van der Waals surface area contributed by atoms with E-state index in [1.807, 2.05) is 29.2 Å². The summed E-state index contributed by atoms with van der Waals surface area (Å²) in [6.07, 6.45) is 2.62. The fourth-order valence-electron chi connectivity index (χ4n) is 3.97. The summed E-state index contributed by atoms with van der Waals surface area (Å²) in [5.74, 6) is 0.628. The van der Waals surface area contributed by atoms with Crippen LogP contribution in [-0.4, -0.2) is 44.2 Å². The van der Waals surface area contributed by atoms with Gasteiger partial charge >= 0.3 is 0 Å². The Morgan fingerprint density at radius 1 is 0.929 bits per heavy atom. The van der Waals surface area contributed by atoms with E-state index in [1.165, 1.54) is 0 Å². The van der Waals surface area contributed by atoms with Crippen LogP contribution in [0.4, 0.5) is 0 Å². The third kappa shape index (κ3) is 4.14. The van der Waals surface area contributed by atoms with Crippen molar-refractivity contribution in [2.24, 2.45) is 0 Å². The van der Waals surface area contributed by atoms with Gasteiger partial charge in [0, 0.05) is 13.1 Å². The smallest absolute Gasteiger partial charge is 0.241 e. The molecule has 3 rings (SSSR count). The molecule has 150 valence electrons. The number of nitrogens with zero attached hydrogens (tertiary/aromatic N) is 2. The van der Waals surface area contributed by atoms with E-state index in [9.17, 15) is 15.0 Å². The minimum Gasteiger partial charge on any atom is -0.508 e. The van der Waals surface area contributed by atoms with E-state index in [4.69, 9.17) is 0 Å². The molecule has 0 aromatic heterocycles. The molecule has 1 atom stereocenters. The van der Waals surface area contributed by atoms with Gasteiger partial charge < -0.3 is 15.1 Å². The van der Waals surface area contributed by atoms with Crippen molar-refractivity contribution >= 4 is 5.91 Å². The molecule has 1 aliphatic heterocycles. The van der Waals surface area contributed by atoms with Gasteiger partial charge in [0.2, 0.25) is 5.91 Å². The molecular weight excluding hydrogens is 352 g/mol. The maximum Gasteiger partial charge on any atom is 0.241 e. The van der Waals surface area contributed by atoms with Crippen LogP contribution in [0.5, 0.6) is 11.5 Å². The third-order valence-electron chi connectivity index (χ3n) is 5.68. The van der Waals surface area contributed by atoms with Gasteiger partial charge in [-0.3, -0.25) is 9.69 Å². The third-order valence-corrected chi connectivity index (χ3v) is 5.68. The Balaban J connectivity index is 1.90. The molecule has 0 radical (unpaired) electrons. The molecule has 0 aliphatic carbocycles. The number of rotatable bonds is 7. The van der Waals surface area contributed by atoms with E-state index < -0.39 is 5.66 Å². The van der Waals surface area contributed by atoms with E-state index in [1.54, 1.807) is 24.3 Å². The number of amides is 1. The highest BCUT2D eigenvalue weighted by molar-refractivity contribution is 5.85. The number of carbonyl (C=O) groups is 1. The van der Waals surface area contributed by atoms with Gasteiger partial charge in [0.15, 0.2) is 0 Å². The number of hydrogen-bond acceptors (Lipinski definition) is 4. The zero-order valence-electron chi connectivity index (χ0n) is 16.9. The summed E-state index contributed by atoms with van der Waals surface area (Å²) in [6, 6.07) is 14.0. The summed E-state index contributed by atoms with van der Waals surface area (Å²) in [5.41, 5.74) is 1.69. The first kappa shape index (κ1) is 20.2. The molecule has 5 heteroatoms. The highest BCUT2D eigenvalue weighted by atomic mass is 16.3. The molecule has 1 amide bonds. The molecule has 2 N–H and O–H groups in total. The average molecular weight is 383 g/mol. The highest BCUT2D eigenvalue weighted by Crippen LogP contribution is 2.35. The van der Waals surface area contributed by atoms with Crippen LogP contribution < -0.4 is 0 Å². The molecule has 28 heavy (non-hydrogen) atoms. The molecule has 1 aliphatic rings. The van der Waals surface area contributed by atoms with Crippen LogP contribution in [0.15, 0.2) is 48.5 Å². The van der Waals surface area contributed by atoms with Crippen LogP contribution in [0, 0.1) is 0 Å². The first-order chi connectivity index (χ1) is 13.3. The number of phenolic OH excluding ortho intramolecular Hbond substituents is 2. The lowest BCUT2D eigenvalue weighted by atomic mass is 10.0. The summed E-state index contributed by atoms with van der Waals surface area (Å²) < 4.78 is 0. The van der Waals surface area contributed by atoms with E-state index in [0.717, 1.165) is 30.5 Å². The van der Waals surface area contributed by atoms with Crippen LogP contribution >= 0.6 is 0 Å². The Kier molecular flexibility index (Phi) is 5.94. The van der Waals surface area contributed by atoms with E-state index in [2.05, 4.69) is 25.7 Å². The molecule has 1 saturated heterocycles. The molecule has 1 fully saturated rings. The second-order valence-electron chi connectivity index (χ2n) is 8.02. The maximum absolute atomic E-state index is 13.3. The second-order valence-corrected chi connectivity index (χ2v) is 8.02. The van der Waals surface area contributed by atoms with Gasteiger partial charge in [0.05, 0.1) is 11.7 Å². The highest BCUT2D eigenvalue weighted by Gasteiger charge is 2.50. The Morgan fingerprint density at radius 3 is 2.00 bits per heavy atom. The lowest BCUT2D eigenvalue weighted by Crippen LogP contribution is -2.50. The Morgan fingerprint density at radius 2 is 1.46 bits per heavy atom. The van der Waals surface area contributed by atoms with Gasteiger partial charge in [-0.05, 0) is 62.1 Å². The van der Waals surface area contributed by atoms with Gasteiger partial charge in [-0.15, -0.1) is 0 Å². The first-order valence-corrected chi connectivity index (χ1v) is 9.97. The van der Waals surface area contributed by atoms with Gasteiger partial charge in [-0.1, -0.05) is 37.6 Å². The number of phenols is 2. The fourth-order valence-corrected chi connectivity index (χ4v) is 3.97. The van der Waals surface area contributed by atoms with Crippen molar-refractivity contribution in [3.8, 4) is 11.5 Å². The Hall–Kier alpha value is -2.53. The first-order valence-electron chi connectivity index (χ1n) is 9.97. The summed E-state index contributed by atoms with van der Waals surface area (Å²) in [6.45, 7) is 7.73. The Labute approximate surface area is 167 Å². The van der Waals surface area contributed by atoms with Crippen LogP contribution in [0.3, 0.4) is 0 Å². The molecule has 0 bridgehead atoms. The van der Waals surface area contributed by atoms with Crippen molar-refractivity contribution in [2.75, 3.05) is 6.54 Å². The monoisotopic (exact) mass is 382 g/mol. The minimum absolute atomic E-state index is 0.158. The Bertz CT molecular complexity index is 800. The van der Waals surface area contributed by atoms with Crippen LogP contribution in [0.2, 0.25) is 0 Å². The number of hydrogen-bond donors (Lipinski definition) is 2. The number of benzene rings is 2. The minimum atomic E-state index is -0.397. The molecule has 2 aromatic rings. The zero-order chi connectivity index (χ0) is 20.3. The topological polar surface area (TPSA) is 64.0 Å². The lowest BCUT2D eigenvalue weighted by Gasteiger charge is -2.39. The largest absolute Gasteiger partial charge is 0.508 e. The summed E-state index contributed by atoms with van der Waals surface area (Å²) >= 11 is 0. The van der Waals surface area contributed by atoms with Gasteiger partial charge in [0.25, 0.3) is 0 Å². The van der Waals surface area contributed by atoms with Crippen molar-refractivity contribution in [2.45, 2.75) is 58.3 Å². The predicted octanol–water partition coefficient (Wildman–Crippen LogP) is 3.89. The molecule has 1 unspecified atom stereocenters. The van der Waals surface area contributed by atoms with Gasteiger partial charge in [-0.2, -0.15) is 0 Å². The SMILES string of the molecule is CCCCN1C(=O)C(Cc2ccc(O)cc2)N(Cc2ccc(O)cc2)C1(C)C. The molecular formula is C23H30N2O3. The summed E-state index contributed by atoms with van der Waals surface area (Å²) in [7, 11) is 0. The summed E-state index contributed by atoms with van der Waals surface area (Å²) in [4.78, 5) is 17.6. The predicted molar refractivity (Wildman–Crippen MR) is 110 cm³/mol. The molecule has 0 saturated carbocycles. The fraction of sp³-hybridized carbons (Fsp3) is 0.435. The second kappa shape index (κ2) is 8.23. The normalized spacial score (nSPS) is 19.3. The van der Waals surface area contributed by atoms with Crippen LogP contribution in [0.25, 0.3) is 0 Å². The number of carbonyl (C=O) groups excluding carboxylic acids is 1. The van der Waals surface area contributed by atoms with Gasteiger partial charge in [-0.25, -0.2) is 0 Å². The van der Waals surface area contributed by atoms with Crippen LogP contribution in [0.1, 0.15) is 44.7 Å². The maximum atomic E-state index is 13.3. The van der Waals surface area contributed by atoms with Crippen molar-refractivity contribution in [1.29, 1.82) is 0 Å². The van der Waals surface area contributed by atoms with Gasteiger partial charge in [0.1, 0.15) is 11.5 Å². The lowest BCUT2D eigenvalue weighted by molar-refractivity contribution is -0.131. The van der Waals surface area contributed by atoms with Crippen LogP contribution in [-0.2, 0) is 17.8 Å².